The van der Waals surface area contributed by atoms with Gasteiger partial charge in [0.2, 0.25) is 0 Å². The summed E-state index contributed by atoms with van der Waals surface area (Å²) in [5, 5.41) is 10.1. The highest BCUT2D eigenvalue weighted by atomic mass is 79.9. The van der Waals surface area contributed by atoms with Crippen molar-refractivity contribution in [1.82, 2.24) is 0 Å². The second kappa shape index (κ2) is 5.50. The number of carbonyl (C=O) groups is 1. The Morgan fingerprint density at radius 3 is 2.67 bits per heavy atom. The highest BCUT2D eigenvalue weighted by Crippen LogP contribution is 2.24. The van der Waals surface area contributed by atoms with Gasteiger partial charge in [0.15, 0.2) is 6.10 Å². The number of esters is 1. The highest BCUT2D eigenvalue weighted by molar-refractivity contribution is 9.12. The number of aliphatic hydroxyl groups excluding tert-OH is 1. The summed E-state index contributed by atoms with van der Waals surface area (Å²) >= 11 is 3.08. The van der Waals surface area contributed by atoms with Crippen LogP contribution in [0.2, 0.25) is 0 Å². The number of rotatable bonds is 3. The lowest BCUT2D eigenvalue weighted by molar-refractivity contribution is -0.141. The molecule has 0 saturated carbocycles. The van der Waals surface area contributed by atoms with Gasteiger partial charge in [0.1, 0.15) is 10.6 Å². The third kappa shape index (κ3) is 2.89. The summed E-state index contributed by atoms with van der Waals surface area (Å²) in [5.74, 6) is -0.438. The normalized spacial score (nSPS) is 21.5. The number of ether oxygens (including phenoxy) is 1. The van der Waals surface area contributed by atoms with E-state index in [-0.39, 0.29) is 0 Å². The first kappa shape index (κ1) is 13.1. The van der Waals surface area contributed by atoms with E-state index in [1.165, 1.54) is 0 Å². The van der Waals surface area contributed by atoms with Gasteiger partial charge in [0.05, 0.1) is 0 Å². The molecule has 1 aliphatic rings. The van der Waals surface area contributed by atoms with E-state index in [1.54, 1.807) is 6.08 Å². The van der Waals surface area contributed by atoms with Gasteiger partial charge >= 0.3 is 5.97 Å². The van der Waals surface area contributed by atoms with Crippen molar-refractivity contribution in [1.29, 1.82) is 0 Å². The summed E-state index contributed by atoms with van der Waals surface area (Å²) < 4.78 is 5.39. The molecule has 0 radical (unpaired) electrons. The zero-order chi connectivity index (χ0) is 13.1. The third-order valence-electron chi connectivity index (χ3n) is 2.72. The SMILES string of the molecule is C/C(=C\c1ccccc1)[C@@H](O)[C@H]1C=C(Br)C(=O)O1. The zero-order valence-corrected chi connectivity index (χ0v) is 11.4. The van der Waals surface area contributed by atoms with E-state index in [4.69, 9.17) is 4.74 Å². The van der Waals surface area contributed by atoms with E-state index >= 15 is 0 Å². The Hall–Kier alpha value is -1.39. The second-order valence-electron chi connectivity index (χ2n) is 4.13. The van der Waals surface area contributed by atoms with Crippen LogP contribution >= 0.6 is 15.9 Å². The van der Waals surface area contributed by atoms with Gasteiger partial charge in [-0.1, -0.05) is 36.4 Å². The third-order valence-corrected chi connectivity index (χ3v) is 3.31. The first-order valence-corrected chi connectivity index (χ1v) is 6.37. The molecule has 3 nitrogen and oxygen atoms in total. The molecule has 1 aliphatic heterocycles. The Morgan fingerprint density at radius 2 is 2.11 bits per heavy atom. The van der Waals surface area contributed by atoms with Crippen molar-refractivity contribution in [2.75, 3.05) is 0 Å². The van der Waals surface area contributed by atoms with E-state index in [2.05, 4.69) is 15.9 Å². The van der Waals surface area contributed by atoms with E-state index in [0.29, 0.717) is 4.48 Å². The van der Waals surface area contributed by atoms with E-state index in [0.717, 1.165) is 11.1 Å². The van der Waals surface area contributed by atoms with Crippen molar-refractivity contribution >= 4 is 28.0 Å². The van der Waals surface area contributed by atoms with Crippen LogP contribution in [0.25, 0.3) is 6.08 Å². The minimum Gasteiger partial charge on any atom is -0.451 e. The van der Waals surface area contributed by atoms with E-state index in [9.17, 15) is 9.90 Å². The minimum atomic E-state index is -0.829. The van der Waals surface area contributed by atoms with Crippen LogP contribution in [0.4, 0.5) is 0 Å². The summed E-state index contributed by atoms with van der Waals surface area (Å²) in [4.78, 5) is 11.2. The molecule has 1 N–H and O–H groups in total. The van der Waals surface area contributed by atoms with Crippen molar-refractivity contribution in [2.45, 2.75) is 19.1 Å². The molecule has 1 heterocycles. The van der Waals surface area contributed by atoms with Crippen LogP contribution in [0.5, 0.6) is 0 Å². The topological polar surface area (TPSA) is 46.5 Å². The molecule has 0 bridgehead atoms. The average molecular weight is 309 g/mol. The fourth-order valence-corrected chi connectivity index (χ4v) is 2.09. The Labute approximate surface area is 114 Å². The van der Waals surface area contributed by atoms with Crippen molar-refractivity contribution in [3.05, 3.63) is 52.0 Å². The predicted molar refractivity (Wildman–Crippen MR) is 73.0 cm³/mol. The lowest BCUT2D eigenvalue weighted by Gasteiger charge is -2.16. The van der Waals surface area contributed by atoms with Crippen LogP contribution in [-0.2, 0) is 9.53 Å². The zero-order valence-electron chi connectivity index (χ0n) is 9.84. The molecule has 94 valence electrons. The molecule has 0 amide bonds. The van der Waals surface area contributed by atoms with Crippen molar-refractivity contribution < 1.29 is 14.6 Å². The van der Waals surface area contributed by atoms with Gasteiger partial charge in [0, 0.05) is 0 Å². The molecule has 1 aromatic carbocycles. The molecule has 0 aromatic heterocycles. The fraction of sp³-hybridized carbons (Fsp3) is 0.214. The van der Waals surface area contributed by atoms with Crippen LogP contribution < -0.4 is 0 Å². The number of benzene rings is 1. The van der Waals surface area contributed by atoms with Crippen LogP contribution in [-0.4, -0.2) is 23.3 Å². The van der Waals surface area contributed by atoms with Gasteiger partial charge in [-0.3, -0.25) is 0 Å². The molecule has 2 rings (SSSR count). The smallest absolute Gasteiger partial charge is 0.345 e. The Kier molecular flexibility index (Phi) is 3.99. The molecular weight excluding hydrogens is 296 g/mol. The molecular formula is C14H13BrO3. The molecule has 0 aliphatic carbocycles. The minimum absolute atomic E-state index is 0.360. The van der Waals surface area contributed by atoms with Gasteiger partial charge in [-0.15, -0.1) is 0 Å². The van der Waals surface area contributed by atoms with Crippen LogP contribution in [0.1, 0.15) is 12.5 Å². The summed E-state index contributed by atoms with van der Waals surface area (Å²) in [7, 11) is 0. The second-order valence-corrected chi connectivity index (χ2v) is 4.98. The lowest BCUT2D eigenvalue weighted by atomic mass is 10.0. The molecule has 4 heteroatoms. The molecule has 2 atom stereocenters. The van der Waals surface area contributed by atoms with Gasteiger partial charge < -0.3 is 9.84 Å². The molecule has 1 aromatic rings. The summed E-state index contributed by atoms with van der Waals surface area (Å²) in [6.07, 6.45) is 2.00. The molecule has 18 heavy (non-hydrogen) atoms. The van der Waals surface area contributed by atoms with Crippen LogP contribution in [0.3, 0.4) is 0 Å². The largest absolute Gasteiger partial charge is 0.451 e. The Balaban J connectivity index is 2.13. The Bertz CT molecular complexity index is 505. The van der Waals surface area contributed by atoms with Crippen molar-refractivity contribution in [2.24, 2.45) is 0 Å². The van der Waals surface area contributed by atoms with Gasteiger partial charge in [-0.2, -0.15) is 0 Å². The molecule has 0 spiro atoms. The van der Waals surface area contributed by atoms with Crippen molar-refractivity contribution in [3.63, 3.8) is 0 Å². The Morgan fingerprint density at radius 1 is 1.44 bits per heavy atom. The molecule has 0 fully saturated rings. The summed E-state index contributed by atoms with van der Waals surface area (Å²) in [6.45, 7) is 1.81. The number of cyclic esters (lactones) is 1. The maximum Gasteiger partial charge on any atom is 0.345 e. The number of halogens is 1. The molecule has 0 saturated heterocycles. The van der Waals surface area contributed by atoms with Gasteiger partial charge in [-0.25, -0.2) is 4.79 Å². The van der Waals surface area contributed by atoms with Crippen LogP contribution in [0.15, 0.2) is 46.5 Å². The van der Waals surface area contributed by atoms with Crippen LogP contribution in [0, 0.1) is 0 Å². The van der Waals surface area contributed by atoms with Gasteiger partial charge in [0.25, 0.3) is 0 Å². The first-order chi connectivity index (χ1) is 8.58. The van der Waals surface area contributed by atoms with Gasteiger partial charge in [-0.05, 0) is 40.1 Å². The fourth-order valence-electron chi connectivity index (χ4n) is 1.74. The number of carbonyl (C=O) groups excluding carboxylic acids is 1. The quantitative estimate of drug-likeness (QED) is 0.873. The highest BCUT2D eigenvalue weighted by Gasteiger charge is 2.30. The average Bonchev–Trinajstić information content (AvgIpc) is 2.70. The predicted octanol–water partition coefficient (Wildman–Crippen LogP) is 2.66. The lowest BCUT2D eigenvalue weighted by Crippen LogP contribution is -2.26. The number of hydrogen-bond acceptors (Lipinski definition) is 3. The maximum atomic E-state index is 11.2. The van der Waals surface area contributed by atoms with E-state index in [1.807, 2.05) is 43.3 Å². The number of hydrogen-bond donors (Lipinski definition) is 1. The monoisotopic (exact) mass is 308 g/mol. The maximum absolute atomic E-state index is 11.2. The first-order valence-electron chi connectivity index (χ1n) is 5.57. The summed E-state index contributed by atoms with van der Waals surface area (Å²) in [5.41, 5.74) is 1.75. The summed E-state index contributed by atoms with van der Waals surface area (Å²) in [6, 6.07) is 9.68. The number of aliphatic hydroxyl groups is 1. The standard InChI is InChI=1S/C14H13BrO3/c1-9(7-10-5-3-2-4-6-10)13(16)12-8-11(15)14(17)18-12/h2-8,12-13,16H,1H3/b9-7+/t12-,13-/m1/s1. The van der Waals surface area contributed by atoms with Crippen molar-refractivity contribution in [3.8, 4) is 0 Å². The molecule has 0 unspecified atom stereocenters. The van der Waals surface area contributed by atoms with E-state index < -0.39 is 18.2 Å².